The molecule has 0 heterocycles. The molecule has 0 amide bonds. The van der Waals surface area contributed by atoms with Gasteiger partial charge in [0.25, 0.3) is 10.0 Å². The Morgan fingerprint density at radius 2 is 1.96 bits per heavy atom. The Morgan fingerprint density at radius 3 is 2.60 bits per heavy atom. The molecule has 0 radical (unpaired) electrons. The molecule has 3 N–H and O–H groups in total. The maximum absolute atomic E-state index is 14.1. The van der Waals surface area contributed by atoms with Crippen molar-refractivity contribution >= 4 is 27.4 Å². The van der Waals surface area contributed by atoms with E-state index in [9.17, 15) is 17.6 Å². The number of carbonyl (C=O) groups is 1. The number of anilines is 2. The largest absolute Gasteiger partial charge is 0.478 e. The van der Waals surface area contributed by atoms with Crippen LogP contribution in [0.3, 0.4) is 0 Å². The fourth-order valence-corrected chi connectivity index (χ4v) is 3.34. The third-order valence-corrected chi connectivity index (χ3v) is 4.91. The summed E-state index contributed by atoms with van der Waals surface area (Å²) in [4.78, 5) is 11.0. The summed E-state index contributed by atoms with van der Waals surface area (Å²) < 4.78 is 41.5. The number of sulfonamides is 1. The van der Waals surface area contributed by atoms with Gasteiger partial charge in [-0.1, -0.05) is 19.1 Å². The topological polar surface area (TPSA) is 95.5 Å². The van der Waals surface area contributed by atoms with Crippen molar-refractivity contribution < 1.29 is 22.7 Å². The summed E-state index contributed by atoms with van der Waals surface area (Å²) in [6.45, 7) is 4.04. The number of rotatable bonds is 7. The van der Waals surface area contributed by atoms with Crippen molar-refractivity contribution in [2.45, 2.75) is 25.2 Å². The average molecular weight is 366 g/mol. The maximum Gasteiger partial charge on any atom is 0.335 e. The highest BCUT2D eigenvalue weighted by Gasteiger charge is 2.21. The number of para-hydroxylation sites is 1. The molecule has 2 aromatic carbocycles. The molecule has 2 rings (SSSR count). The van der Waals surface area contributed by atoms with Crippen LogP contribution in [0, 0.1) is 12.7 Å². The molecule has 0 saturated carbocycles. The Bertz CT molecular complexity index is 898. The van der Waals surface area contributed by atoms with Crippen molar-refractivity contribution in [3.05, 3.63) is 53.3 Å². The Morgan fingerprint density at radius 1 is 1.24 bits per heavy atom. The second kappa shape index (κ2) is 7.52. The zero-order valence-electron chi connectivity index (χ0n) is 13.8. The molecular weight excluding hydrogens is 347 g/mol. The summed E-state index contributed by atoms with van der Waals surface area (Å²) in [7, 11) is -4.15. The predicted molar refractivity (Wildman–Crippen MR) is 94.1 cm³/mol. The molecule has 0 aliphatic carbocycles. The number of carboxylic acids is 1. The normalized spacial score (nSPS) is 11.2. The molecule has 0 aliphatic heterocycles. The van der Waals surface area contributed by atoms with Gasteiger partial charge < -0.3 is 10.4 Å². The van der Waals surface area contributed by atoms with Gasteiger partial charge in [-0.2, -0.15) is 0 Å². The molecule has 8 heteroatoms. The minimum Gasteiger partial charge on any atom is -0.478 e. The molecule has 0 aromatic heterocycles. The van der Waals surface area contributed by atoms with Crippen LogP contribution in [0.5, 0.6) is 0 Å². The van der Waals surface area contributed by atoms with Crippen molar-refractivity contribution in [3.63, 3.8) is 0 Å². The van der Waals surface area contributed by atoms with E-state index in [1.165, 1.54) is 18.2 Å². The molecule has 2 aromatic rings. The lowest BCUT2D eigenvalue weighted by molar-refractivity contribution is 0.0696. The minimum atomic E-state index is -4.15. The number of aromatic carboxylic acids is 1. The third kappa shape index (κ3) is 4.27. The summed E-state index contributed by atoms with van der Waals surface area (Å²) in [6, 6.07) is 7.92. The van der Waals surface area contributed by atoms with Gasteiger partial charge >= 0.3 is 5.97 Å². The highest BCUT2D eigenvalue weighted by molar-refractivity contribution is 7.92. The monoisotopic (exact) mass is 366 g/mol. The number of nitrogens with one attached hydrogen (secondary N) is 2. The fraction of sp³-hybridized carbons (Fsp3) is 0.235. The van der Waals surface area contributed by atoms with Crippen LogP contribution in [0.2, 0.25) is 0 Å². The van der Waals surface area contributed by atoms with Crippen molar-refractivity contribution in [2.24, 2.45) is 0 Å². The highest BCUT2D eigenvalue weighted by atomic mass is 32.2. The number of carboxylic acid groups (broad SMARTS) is 1. The Hall–Kier alpha value is -2.61. The van der Waals surface area contributed by atoms with Crippen LogP contribution in [0.1, 0.15) is 29.3 Å². The number of benzene rings is 2. The first kappa shape index (κ1) is 18.7. The first-order chi connectivity index (χ1) is 11.8. The van der Waals surface area contributed by atoms with Gasteiger partial charge in [0, 0.05) is 6.54 Å². The molecule has 0 aliphatic rings. The van der Waals surface area contributed by atoms with Gasteiger partial charge in [-0.15, -0.1) is 0 Å². The zero-order chi connectivity index (χ0) is 18.6. The minimum absolute atomic E-state index is 0.124. The molecular formula is C17H19FN2O4S. The van der Waals surface area contributed by atoms with Gasteiger partial charge in [0.2, 0.25) is 0 Å². The van der Waals surface area contributed by atoms with E-state index in [1.807, 2.05) is 6.92 Å². The lowest BCUT2D eigenvalue weighted by Gasteiger charge is -2.15. The standard InChI is InChI=1S/C17H19FN2O4S/c1-3-9-19-15-6-4-5-14(18)16(15)20-25(23,24)12-8-7-11(2)13(10-12)17(21)22/h4-8,10,19-20H,3,9H2,1-2H3,(H,21,22). The first-order valence-electron chi connectivity index (χ1n) is 7.65. The van der Waals surface area contributed by atoms with Crippen molar-refractivity contribution in [2.75, 3.05) is 16.6 Å². The Balaban J connectivity index is 2.43. The van der Waals surface area contributed by atoms with Crippen LogP contribution in [-0.2, 0) is 10.0 Å². The van der Waals surface area contributed by atoms with E-state index in [4.69, 9.17) is 5.11 Å². The second-order valence-corrected chi connectivity index (χ2v) is 7.16. The maximum atomic E-state index is 14.1. The molecule has 6 nitrogen and oxygen atoms in total. The van der Waals surface area contributed by atoms with E-state index in [2.05, 4.69) is 10.0 Å². The number of aryl methyl sites for hydroxylation is 1. The predicted octanol–water partition coefficient (Wildman–Crippen LogP) is 3.46. The van der Waals surface area contributed by atoms with E-state index in [-0.39, 0.29) is 16.1 Å². The van der Waals surface area contributed by atoms with Crippen LogP contribution in [0.25, 0.3) is 0 Å². The molecule has 25 heavy (non-hydrogen) atoms. The quantitative estimate of drug-likeness (QED) is 0.697. The van der Waals surface area contributed by atoms with Crippen LogP contribution >= 0.6 is 0 Å². The molecule has 134 valence electrons. The SMILES string of the molecule is CCCNc1cccc(F)c1NS(=O)(=O)c1ccc(C)c(C(=O)O)c1. The molecule has 0 saturated heterocycles. The van der Waals surface area contributed by atoms with E-state index in [1.54, 1.807) is 13.0 Å². The van der Waals surface area contributed by atoms with Crippen LogP contribution in [0.4, 0.5) is 15.8 Å². The summed E-state index contributed by atoms with van der Waals surface area (Å²) in [5.41, 5.74) is 0.424. The van der Waals surface area contributed by atoms with Crippen molar-refractivity contribution in [1.29, 1.82) is 0 Å². The highest BCUT2D eigenvalue weighted by Crippen LogP contribution is 2.28. The van der Waals surface area contributed by atoms with Gasteiger partial charge in [-0.25, -0.2) is 17.6 Å². The fourth-order valence-electron chi connectivity index (χ4n) is 2.23. The van der Waals surface area contributed by atoms with Gasteiger partial charge in [-0.05, 0) is 43.2 Å². The van der Waals surface area contributed by atoms with E-state index in [0.717, 1.165) is 18.6 Å². The summed E-state index contributed by atoms with van der Waals surface area (Å²) in [6.07, 6.45) is 0.780. The molecule has 0 atom stereocenters. The summed E-state index contributed by atoms with van der Waals surface area (Å²) >= 11 is 0. The smallest absolute Gasteiger partial charge is 0.335 e. The second-order valence-electron chi connectivity index (χ2n) is 5.48. The van der Waals surface area contributed by atoms with Crippen LogP contribution < -0.4 is 10.0 Å². The lowest BCUT2D eigenvalue weighted by Crippen LogP contribution is -2.17. The average Bonchev–Trinajstić information content (AvgIpc) is 2.55. The molecule has 0 bridgehead atoms. The Labute approximate surface area is 145 Å². The zero-order valence-corrected chi connectivity index (χ0v) is 14.7. The van der Waals surface area contributed by atoms with Crippen molar-refractivity contribution in [3.8, 4) is 0 Å². The molecule has 0 unspecified atom stereocenters. The van der Waals surface area contributed by atoms with Gasteiger partial charge in [0.1, 0.15) is 11.5 Å². The summed E-state index contributed by atoms with van der Waals surface area (Å²) in [5.74, 6) is -1.96. The van der Waals surface area contributed by atoms with Gasteiger partial charge in [-0.3, -0.25) is 4.72 Å². The number of halogens is 1. The van der Waals surface area contributed by atoms with Crippen LogP contribution in [-0.4, -0.2) is 26.0 Å². The van der Waals surface area contributed by atoms with E-state index in [0.29, 0.717) is 17.8 Å². The number of hydrogen-bond donors (Lipinski definition) is 3. The van der Waals surface area contributed by atoms with E-state index < -0.39 is 21.8 Å². The van der Waals surface area contributed by atoms with Gasteiger partial charge in [0.15, 0.2) is 0 Å². The van der Waals surface area contributed by atoms with Crippen LogP contribution in [0.15, 0.2) is 41.3 Å². The van der Waals surface area contributed by atoms with Crippen molar-refractivity contribution in [1.82, 2.24) is 0 Å². The number of hydrogen-bond acceptors (Lipinski definition) is 4. The molecule has 0 spiro atoms. The first-order valence-corrected chi connectivity index (χ1v) is 9.13. The lowest BCUT2D eigenvalue weighted by atomic mass is 10.1. The molecule has 0 fully saturated rings. The van der Waals surface area contributed by atoms with E-state index >= 15 is 0 Å². The van der Waals surface area contributed by atoms with Gasteiger partial charge in [0.05, 0.1) is 16.1 Å². The third-order valence-electron chi connectivity index (χ3n) is 3.57. The summed E-state index contributed by atoms with van der Waals surface area (Å²) in [5, 5.41) is 12.1. The Kier molecular flexibility index (Phi) is 5.63.